The highest BCUT2D eigenvalue weighted by atomic mass is 79.9. The van der Waals surface area contributed by atoms with Crippen molar-refractivity contribution in [2.75, 3.05) is 5.73 Å². The third-order valence-electron chi connectivity index (χ3n) is 2.57. The molecular weight excluding hydrogens is 312 g/mol. The maximum absolute atomic E-state index is 10.6. The van der Waals surface area contributed by atoms with E-state index in [1.54, 1.807) is 0 Å². The lowest BCUT2D eigenvalue weighted by Crippen LogP contribution is -1.96. The van der Waals surface area contributed by atoms with Gasteiger partial charge in [-0.1, -0.05) is 22.0 Å². The zero-order chi connectivity index (χ0) is 14.0. The molecule has 0 aromatic heterocycles. The topological polar surface area (TPSA) is 78.4 Å². The summed E-state index contributed by atoms with van der Waals surface area (Å²) >= 11 is 3.36. The molecule has 2 N–H and O–H groups in total. The number of nitro benzene ring substituents is 1. The molecule has 2 aromatic carbocycles. The molecule has 2 rings (SSSR count). The van der Waals surface area contributed by atoms with Crippen LogP contribution >= 0.6 is 15.9 Å². The first-order valence-electron chi connectivity index (χ1n) is 5.45. The smallest absolute Gasteiger partial charge is 0.271 e. The highest BCUT2D eigenvalue weighted by Crippen LogP contribution is 2.33. The molecule has 0 heterocycles. The predicted octanol–water partition coefficient (Wildman–Crippen LogP) is 4.04. The molecule has 0 unspecified atom stereocenters. The number of nitrogen functional groups attached to an aromatic ring is 1. The van der Waals surface area contributed by atoms with E-state index >= 15 is 0 Å². The number of nitrogens with zero attached hydrogens (tertiary/aromatic N) is 1. The normalized spacial score (nSPS) is 10.2. The second kappa shape index (κ2) is 5.27. The second-order valence-electron chi connectivity index (χ2n) is 3.99. The highest BCUT2D eigenvalue weighted by molar-refractivity contribution is 9.10. The summed E-state index contributed by atoms with van der Waals surface area (Å²) in [6, 6.07) is 9.76. The molecule has 0 aliphatic carbocycles. The number of anilines is 1. The number of non-ortho nitro benzene ring substituents is 1. The molecule has 0 spiro atoms. The van der Waals surface area contributed by atoms with Gasteiger partial charge in [-0.25, -0.2) is 0 Å². The summed E-state index contributed by atoms with van der Waals surface area (Å²) in [5, 5.41) is 10.6. The van der Waals surface area contributed by atoms with Gasteiger partial charge in [0.05, 0.1) is 10.6 Å². The first-order valence-corrected chi connectivity index (χ1v) is 6.24. The molecule has 5 nitrogen and oxygen atoms in total. The van der Waals surface area contributed by atoms with Gasteiger partial charge in [-0.15, -0.1) is 0 Å². The van der Waals surface area contributed by atoms with Crippen molar-refractivity contribution in [1.82, 2.24) is 0 Å². The fraction of sp³-hybridized carbons (Fsp3) is 0.0769. The molecule has 0 atom stereocenters. The Morgan fingerprint density at radius 1 is 1.21 bits per heavy atom. The molecule has 0 aliphatic heterocycles. The van der Waals surface area contributed by atoms with E-state index in [4.69, 9.17) is 10.5 Å². The fourth-order valence-corrected chi connectivity index (χ4v) is 1.88. The third kappa shape index (κ3) is 3.03. The number of nitrogens with two attached hydrogens (primary N) is 1. The lowest BCUT2D eigenvalue weighted by atomic mass is 10.2. The van der Waals surface area contributed by atoms with Gasteiger partial charge in [-0.2, -0.15) is 0 Å². The summed E-state index contributed by atoms with van der Waals surface area (Å²) in [4.78, 5) is 10.1. The van der Waals surface area contributed by atoms with Gasteiger partial charge in [-0.3, -0.25) is 10.1 Å². The molecule has 0 bridgehead atoms. The first kappa shape index (κ1) is 13.4. The van der Waals surface area contributed by atoms with E-state index in [1.165, 1.54) is 18.2 Å². The molecule has 2 aromatic rings. The molecule has 0 radical (unpaired) electrons. The highest BCUT2D eigenvalue weighted by Gasteiger charge is 2.11. The summed E-state index contributed by atoms with van der Waals surface area (Å²) in [5.41, 5.74) is 6.87. The van der Waals surface area contributed by atoms with Crippen molar-refractivity contribution in [1.29, 1.82) is 0 Å². The quantitative estimate of drug-likeness (QED) is 0.525. The van der Waals surface area contributed by atoms with Crippen molar-refractivity contribution in [2.24, 2.45) is 0 Å². The Labute approximate surface area is 118 Å². The van der Waals surface area contributed by atoms with Crippen molar-refractivity contribution in [3.63, 3.8) is 0 Å². The van der Waals surface area contributed by atoms with Crippen LogP contribution in [0.3, 0.4) is 0 Å². The summed E-state index contributed by atoms with van der Waals surface area (Å²) in [5.74, 6) is 1.04. The molecule has 0 aliphatic rings. The van der Waals surface area contributed by atoms with Crippen LogP contribution in [0.4, 0.5) is 11.4 Å². The Hall–Kier alpha value is -2.08. The van der Waals surface area contributed by atoms with Crippen LogP contribution in [0.1, 0.15) is 5.56 Å². The van der Waals surface area contributed by atoms with Gasteiger partial charge in [0.15, 0.2) is 5.75 Å². The Bertz CT molecular complexity index is 644. The van der Waals surface area contributed by atoms with E-state index in [0.29, 0.717) is 11.5 Å². The zero-order valence-corrected chi connectivity index (χ0v) is 11.7. The van der Waals surface area contributed by atoms with Crippen LogP contribution in [0.15, 0.2) is 40.9 Å². The lowest BCUT2D eigenvalue weighted by Gasteiger charge is -2.10. The Morgan fingerprint density at radius 2 is 1.95 bits per heavy atom. The van der Waals surface area contributed by atoms with Crippen LogP contribution in [0.2, 0.25) is 0 Å². The van der Waals surface area contributed by atoms with E-state index < -0.39 is 4.92 Å². The van der Waals surface area contributed by atoms with Gasteiger partial charge in [-0.05, 0) is 30.7 Å². The van der Waals surface area contributed by atoms with Gasteiger partial charge in [0.2, 0.25) is 0 Å². The van der Waals surface area contributed by atoms with E-state index in [2.05, 4.69) is 15.9 Å². The largest absolute Gasteiger partial charge is 0.455 e. The van der Waals surface area contributed by atoms with Crippen molar-refractivity contribution in [3.8, 4) is 11.5 Å². The van der Waals surface area contributed by atoms with Gasteiger partial charge in [0.1, 0.15) is 5.75 Å². The van der Waals surface area contributed by atoms with Crippen molar-refractivity contribution >= 4 is 27.3 Å². The van der Waals surface area contributed by atoms with Gasteiger partial charge < -0.3 is 10.5 Å². The standard InChI is InChI=1S/C13H11BrN2O3/c1-8-2-3-9(14)6-13(8)19-12-5-4-10(16(17)18)7-11(12)15/h2-7H,15H2,1H3. The number of rotatable bonds is 3. The van der Waals surface area contributed by atoms with Crippen LogP contribution in [0, 0.1) is 17.0 Å². The molecule has 6 heteroatoms. The van der Waals surface area contributed by atoms with Crippen molar-refractivity contribution < 1.29 is 9.66 Å². The molecule has 0 fully saturated rings. The first-order chi connectivity index (χ1) is 8.97. The molecule has 0 saturated heterocycles. The number of benzene rings is 2. The van der Waals surface area contributed by atoms with Crippen LogP contribution in [-0.2, 0) is 0 Å². The van der Waals surface area contributed by atoms with Gasteiger partial charge in [0.25, 0.3) is 5.69 Å². The number of halogens is 1. The SMILES string of the molecule is Cc1ccc(Br)cc1Oc1ccc([N+](=O)[O-])cc1N. The minimum atomic E-state index is -0.496. The average Bonchev–Trinajstić information content (AvgIpc) is 2.36. The molecule has 19 heavy (non-hydrogen) atoms. The number of nitro groups is 1. The van der Waals surface area contributed by atoms with E-state index in [1.807, 2.05) is 25.1 Å². The fourth-order valence-electron chi connectivity index (χ4n) is 1.54. The Morgan fingerprint density at radius 3 is 2.58 bits per heavy atom. The monoisotopic (exact) mass is 322 g/mol. The van der Waals surface area contributed by atoms with E-state index in [-0.39, 0.29) is 11.4 Å². The Kier molecular flexibility index (Phi) is 3.71. The van der Waals surface area contributed by atoms with Crippen LogP contribution in [-0.4, -0.2) is 4.92 Å². The number of hydrogen-bond acceptors (Lipinski definition) is 4. The predicted molar refractivity (Wildman–Crippen MR) is 76.5 cm³/mol. The summed E-state index contributed by atoms with van der Waals surface area (Å²) in [7, 11) is 0. The van der Waals surface area contributed by atoms with E-state index in [9.17, 15) is 10.1 Å². The maximum Gasteiger partial charge on any atom is 0.271 e. The zero-order valence-electron chi connectivity index (χ0n) is 10.1. The minimum Gasteiger partial charge on any atom is -0.455 e. The van der Waals surface area contributed by atoms with Crippen molar-refractivity contribution in [2.45, 2.75) is 6.92 Å². The third-order valence-corrected chi connectivity index (χ3v) is 3.07. The van der Waals surface area contributed by atoms with E-state index in [0.717, 1.165) is 10.0 Å². The average molecular weight is 323 g/mol. The van der Waals surface area contributed by atoms with Gasteiger partial charge in [0, 0.05) is 16.6 Å². The van der Waals surface area contributed by atoms with Gasteiger partial charge >= 0.3 is 0 Å². The molecule has 98 valence electrons. The summed E-state index contributed by atoms with van der Waals surface area (Å²) in [6.45, 7) is 1.91. The Balaban J connectivity index is 2.33. The lowest BCUT2D eigenvalue weighted by molar-refractivity contribution is -0.384. The maximum atomic E-state index is 10.6. The summed E-state index contributed by atoms with van der Waals surface area (Å²) < 4.78 is 6.56. The van der Waals surface area contributed by atoms with Crippen LogP contribution in [0.5, 0.6) is 11.5 Å². The van der Waals surface area contributed by atoms with Crippen molar-refractivity contribution in [3.05, 3.63) is 56.5 Å². The number of aryl methyl sites for hydroxylation is 1. The second-order valence-corrected chi connectivity index (χ2v) is 4.91. The minimum absolute atomic E-state index is 0.0594. The van der Waals surface area contributed by atoms with Crippen LogP contribution in [0.25, 0.3) is 0 Å². The summed E-state index contributed by atoms with van der Waals surface area (Å²) in [6.07, 6.45) is 0. The molecular formula is C13H11BrN2O3. The molecule has 0 saturated carbocycles. The number of ether oxygens (including phenoxy) is 1. The van der Waals surface area contributed by atoms with Crippen LogP contribution < -0.4 is 10.5 Å². The number of hydrogen-bond donors (Lipinski definition) is 1. The molecule has 0 amide bonds.